The van der Waals surface area contributed by atoms with Gasteiger partial charge in [-0.1, -0.05) is 25.3 Å². The number of hydrogen-bond acceptors (Lipinski definition) is 4. The minimum atomic E-state index is 0. The molecule has 1 aliphatic carbocycles. The Hall–Kier alpha value is -1.58. The summed E-state index contributed by atoms with van der Waals surface area (Å²) in [5.74, 6) is 1.87. The number of hydrogen-bond donors (Lipinski definition) is 2. The van der Waals surface area contributed by atoms with Gasteiger partial charge in [-0.15, -0.1) is 24.0 Å². The molecule has 3 rings (SSSR count). The summed E-state index contributed by atoms with van der Waals surface area (Å²) in [6.07, 6.45) is 10.2. The Morgan fingerprint density at radius 3 is 2.30 bits per heavy atom. The molecule has 0 bridgehead atoms. The smallest absolute Gasteiger partial charge is 0.243 e. The predicted octanol–water partition coefficient (Wildman–Crippen LogP) is 2.93. The molecule has 1 saturated carbocycles. The van der Waals surface area contributed by atoms with E-state index in [0.717, 1.165) is 37.7 Å². The lowest BCUT2D eigenvalue weighted by molar-refractivity contribution is -0.127. The molecule has 0 radical (unpaired) electrons. The third kappa shape index (κ3) is 7.59. The van der Waals surface area contributed by atoms with E-state index in [1.807, 2.05) is 6.20 Å². The van der Waals surface area contributed by atoms with Gasteiger partial charge in [0.2, 0.25) is 5.91 Å². The molecule has 1 saturated heterocycles. The number of aromatic nitrogens is 1. The quantitative estimate of drug-likeness (QED) is 0.350. The number of carbonyl (C=O) groups is 1. The summed E-state index contributed by atoms with van der Waals surface area (Å²) in [5, 5.41) is 7.19. The Bertz CT molecular complexity index is 679. The van der Waals surface area contributed by atoms with Gasteiger partial charge in [0.25, 0.3) is 0 Å². The molecular formula is C22H37IN6O. The van der Waals surface area contributed by atoms with Crippen molar-refractivity contribution in [1.29, 1.82) is 0 Å². The zero-order valence-corrected chi connectivity index (χ0v) is 20.9. The maximum Gasteiger partial charge on any atom is 0.243 e. The lowest BCUT2D eigenvalue weighted by Gasteiger charge is -2.34. The Kier molecular flexibility index (Phi) is 10.1. The van der Waals surface area contributed by atoms with Crippen LogP contribution >= 0.6 is 24.0 Å². The number of anilines is 1. The van der Waals surface area contributed by atoms with E-state index >= 15 is 0 Å². The molecule has 1 aromatic rings. The van der Waals surface area contributed by atoms with E-state index in [2.05, 4.69) is 44.6 Å². The van der Waals surface area contributed by atoms with Crippen LogP contribution in [0.25, 0.3) is 0 Å². The molecule has 2 N–H and O–H groups in total. The SMILES string of the molecule is Cc1ccc(N2CCC(NC(=NCC(=O)N(C)C)NC3CCCCC3)CC2)nc1.I. The molecule has 0 unspecified atom stereocenters. The summed E-state index contributed by atoms with van der Waals surface area (Å²) >= 11 is 0. The van der Waals surface area contributed by atoms with Crippen molar-refractivity contribution in [3.05, 3.63) is 23.9 Å². The van der Waals surface area contributed by atoms with Crippen LogP contribution in [-0.2, 0) is 4.79 Å². The summed E-state index contributed by atoms with van der Waals surface area (Å²) in [4.78, 5) is 25.1. The van der Waals surface area contributed by atoms with Crippen molar-refractivity contribution in [2.75, 3.05) is 38.6 Å². The van der Waals surface area contributed by atoms with Gasteiger partial charge in [-0.2, -0.15) is 0 Å². The Balaban J connectivity index is 0.00000320. The van der Waals surface area contributed by atoms with Crippen LogP contribution in [-0.4, -0.2) is 67.6 Å². The molecule has 0 aromatic carbocycles. The van der Waals surface area contributed by atoms with Gasteiger partial charge in [-0.05, 0) is 44.2 Å². The van der Waals surface area contributed by atoms with Gasteiger partial charge in [0.1, 0.15) is 12.4 Å². The number of aryl methyl sites for hydroxylation is 1. The van der Waals surface area contributed by atoms with E-state index in [4.69, 9.17) is 0 Å². The topological polar surface area (TPSA) is 72.9 Å². The van der Waals surface area contributed by atoms with Gasteiger partial charge in [-0.25, -0.2) is 9.98 Å². The van der Waals surface area contributed by atoms with E-state index in [-0.39, 0.29) is 36.4 Å². The van der Waals surface area contributed by atoms with Crippen molar-refractivity contribution in [1.82, 2.24) is 20.5 Å². The van der Waals surface area contributed by atoms with Crippen molar-refractivity contribution < 1.29 is 4.79 Å². The predicted molar refractivity (Wildman–Crippen MR) is 134 cm³/mol. The number of nitrogens with zero attached hydrogens (tertiary/aromatic N) is 4. The van der Waals surface area contributed by atoms with Crippen LogP contribution in [0.3, 0.4) is 0 Å². The zero-order chi connectivity index (χ0) is 20.6. The Morgan fingerprint density at radius 2 is 1.73 bits per heavy atom. The molecule has 2 fully saturated rings. The molecule has 30 heavy (non-hydrogen) atoms. The van der Waals surface area contributed by atoms with Crippen LogP contribution < -0.4 is 15.5 Å². The van der Waals surface area contributed by atoms with Crippen molar-refractivity contribution in [3.63, 3.8) is 0 Å². The first-order valence-corrected chi connectivity index (χ1v) is 11.0. The van der Waals surface area contributed by atoms with E-state index in [1.165, 1.54) is 37.7 Å². The molecule has 168 valence electrons. The third-order valence-corrected chi connectivity index (χ3v) is 5.87. The molecule has 1 aliphatic heterocycles. The molecule has 2 heterocycles. The fraction of sp³-hybridized carbons (Fsp3) is 0.682. The van der Waals surface area contributed by atoms with E-state index < -0.39 is 0 Å². The summed E-state index contributed by atoms with van der Waals surface area (Å²) in [6.45, 7) is 4.19. The lowest BCUT2D eigenvalue weighted by atomic mass is 9.95. The second kappa shape index (κ2) is 12.3. The fourth-order valence-electron chi connectivity index (χ4n) is 3.95. The maximum absolute atomic E-state index is 12.0. The first-order chi connectivity index (χ1) is 14.0. The minimum Gasteiger partial charge on any atom is -0.356 e. The van der Waals surface area contributed by atoms with Crippen molar-refractivity contribution in [2.45, 2.75) is 64.0 Å². The second-order valence-corrected chi connectivity index (χ2v) is 8.53. The summed E-state index contributed by atoms with van der Waals surface area (Å²) in [7, 11) is 3.54. The maximum atomic E-state index is 12.0. The highest BCUT2D eigenvalue weighted by Gasteiger charge is 2.22. The van der Waals surface area contributed by atoms with Gasteiger partial charge in [0, 0.05) is 45.5 Å². The van der Waals surface area contributed by atoms with Crippen LogP contribution in [0.15, 0.2) is 23.3 Å². The monoisotopic (exact) mass is 528 g/mol. The highest BCUT2D eigenvalue weighted by Crippen LogP contribution is 2.19. The van der Waals surface area contributed by atoms with Crippen LogP contribution in [0.1, 0.15) is 50.5 Å². The second-order valence-electron chi connectivity index (χ2n) is 8.53. The molecule has 0 spiro atoms. The number of guanidine groups is 1. The van der Waals surface area contributed by atoms with Crippen molar-refractivity contribution in [2.24, 2.45) is 4.99 Å². The number of carbonyl (C=O) groups excluding carboxylic acids is 1. The highest BCUT2D eigenvalue weighted by atomic mass is 127. The fourth-order valence-corrected chi connectivity index (χ4v) is 3.95. The average Bonchev–Trinajstić information content (AvgIpc) is 2.73. The van der Waals surface area contributed by atoms with Crippen molar-refractivity contribution in [3.8, 4) is 0 Å². The number of piperidine rings is 1. The minimum absolute atomic E-state index is 0. The van der Waals surface area contributed by atoms with E-state index in [9.17, 15) is 4.79 Å². The van der Waals surface area contributed by atoms with Crippen molar-refractivity contribution >= 4 is 41.7 Å². The Labute approximate surface area is 198 Å². The summed E-state index contributed by atoms with van der Waals surface area (Å²) in [5.41, 5.74) is 1.19. The number of halogens is 1. The molecular weight excluding hydrogens is 491 g/mol. The molecule has 7 nitrogen and oxygen atoms in total. The van der Waals surface area contributed by atoms with Crippen LogP contribution in [0.5, 0.6) is 0 Å². The van der Waals surface area contributed by atoms with Crippen LogP contribution in [0.4, 0.5) is 5.82 Å². The molecule has 0 atom stereocenters. The zero-order valence-electron chi connectivity index (χ0n) is 18.6. The largest absolute Gasteiger partial charge is 0.356 e. The standard InChI is InChI=1S/C22H36N6O.HI/c1-17-9-10-20(23-15-17)28-13-11-19(12-14-28)26-22(24-16-21(29)27(2)3)25-18-7-5-4-6-8-18;/h9-10,15,18-19H,4-8,11-14,16H2,1-3H3,(H2,24,25,26);1H. The van der Waals surface area contributed by atoms with Gasteiger partial charge in [-0.3, -0.25) is 4.79 Å². The summed E-state index contributed by atoms with van der Waals surface area (Å²) in [6, 6.07) is 5.04. The molecule has 8 heteroatoms. The first kappa shape index (κ1) is 24.7. The number of nitrogens with one attached hydrogen (secondary N) is 2. The number of likely N-dealkylation sites (N-methyl/N-ethyl adjacent to an activating group) is 1. The van der Waals surface area contributed by atoms with Gasteiger partial charge in [0.05, 0.1) is 0 Å². The number of amides is 1. The highest BCUT2D eigenvalue weighted by molar-refractivity contribution is 14.0. The van der Waals surface area contributed by atoms with E-state index in [0.29, 0.717) is 12.1 Å². The first-order valence-electron chi connectivity index (χ1n) is 11.0. The molecule has 2 aliphatic rings. The average molecular weight is 528 g/mol. The number of rotatable bonds is 5. The Morgan fingerprint density at radius 1 is 1.10 bits per heavy atom. The van der Waals surface area contributed by atoms with Gasteiger partial charge >= 0.3 is 0 Å². The van der Waals surface area contributed by atoms with E-state index in [1.54, 1.807) is 19.0 Å². The number of aliphatic imine (C=N–C) groups is 1. The van der Waals surface area contributed by atoms with Gasteiger partial charge in [0.15, 0.2) is 5.96 Å². The molecule has 1 amide bonds. The normalized spacial score (nSPS) is 18.5. The van der Waals surface area contributed by atoms with Gasteiger partial charge < -0.3 is 20.4 Å². The number of pyridine rings is 1. The lowest BCUT2D eigenvalue weighted by Crippen LogP contribution is -2.51. The van der Waals surface area contributed by atoms with Crippen LogP contribution in [0, 0.1) is 6.92 Å². The van der Waals surface area contributed by atoms with Crippen LogP contribution in [0.2, 0.25) is 0 Å². The summed E-state index contributed by atoms with van der Waals surface area (Å²) < 4.78 is 0. The third-order valence-electron chi connectivity index (χ3n) is 5.87. The molecule has 1 aromatic heterocycles.